The molecule has 0 aliphatic carbocycles. The molecule has 0 N–H and O–H groups in total. The van der Waals surface area contributed by atoms with E-state index in [1.54, 1.807) is 42.4 Å². The van der Waals surface area contributed by atoms with Crippen LogP contribution in [0.25, 0.3) is 5.69 Å². The fourth-order valence-corrected chi connectivity index (χ4v) is 2.52. The van der Waals surface area contributed by atoms with Gasteiger partial charge in [-0.1, -0.05) is 11.6 Å². The fourth-order valence-electron chi connectivity index (χ4n) is 2.39. The number of hydrogen-bond donors (Lipinski definition) is 0. The lowest BCUT2D eigenvalue weighted by Crippen LogP contribution is -2.26. The summed E-state index contributed by atoms with van der Waals surface area (Å²) in [6.45, 7) is 1.95. The zero-order valence-corrected chi connectivity index (χ0v) is 13.7. The quantitative estimate of drug-likeness (QED) is 0.726. The van der Waals surface area contributed by atoms with Gasteiger partial charge < -0.3 is 9.47 Å². The predicted molar refractivity (Wildman–Crippen MR) is 92.5 cm³/mol. The Morgan fingerprint density at radius 2 is 1.74 bits per heavy atom. The summed E-state index contributed by atoms with van der Waals surface area (Å²) in [5, 5.41) is 0.615. The summed E-state index contributed by atoms with van der Waals surface area (Å²) in [7, 11) is 1.76. The highest BCUT2D eigenvalue weighted by atomic mass is 35.5. The first-order valence-corrected chi connectivity index (χ1v) is 7.58. The minimum atomic E-state index is -0.0757. The van der Waals surface area contributed by atoms with Crippen LogP contribution >= 0.6 is 11.6 Å². The van der Waals surface area contributed by atoms with Gasteiger partial charge in [-0.05, 0) is 55.5 Å². The fraction of sp³-hybridized carbons (Fsp3) is 0.111. The Kier molecular flexibility index (Phi) is 4.17. The lowest BCUT2D eigenvalue weighted by atomic mass is 10.2. The SMILES string of the molecule is Cc1nccn1-c1ccc(N(C)C(=O)c2ccc(Cl)cc2)cc1. The third kappa shape index (κ3) is 3.12. The first-order chi connectivity index (χ1) is 11.1. The number of carbonyl (C=O) groups is 1. The topological polar surface area (TPSA) is 38.1 Å². The van der Waals surface area contributed by atoms with E-state index in [1.165, 1.54) is 0 Å². The maximum Gasteiger partial charge on any atom is 0.258 e. The first kappa shape index (κ1) is 15.3. The van der Waals surface area contributed by atoms with Crippen molar-refractivity contribution in [3.05, 3.63) is 77.3 Å². The van der Waals surface area contributed by atoms with Gasteiger partial charge in [-0.25, -0.2) is 4.98 Å². The molecule has 0 aliphatic rings. The van der Waals surface area contributed by atoms with Gasteiger partial charge in [0.15, 0.2) is 0 Å². The summed E-state index contributed by atoms with van der Waals surface area (Å²) in [5.74, 6) is 0.844. The molecule has 1 amide bonds. The smallest absolute Gasteiger partial charge is 0.258 e. The zero-order valence-electron chi connectivity index (χ0n) is 12.9. The number of anilines is 1. The van der Waals surface area contributed by atoms with E-state index in [4.69, 9.17) is 11.6 Å². The average Bonchev–Trinajstić information content (AvgIpc) is 3.00. The molecule has 0 radical (unpaired) electrons. The van der Waals surface area contributed by atoms with Crippen LogP contribution in [0.15, 0.2) is 60.9 Å². The van der Waals surface area contributed by atoms with Crippen molar-refractivity contribution < 1.29 is 4.79 Å². The molecule has 23 heavy (non-hydrogen) atoms. The summed E-state index contributed by atoms with van der Waals surface area (Å²) in [4.78, 5) is 18.3. The number of aryl methyl sites for hydroxylation is 1. The van der Waals surface area contributed by atoms with E-state index in [-0.39, 0.29) is 5.91 Å². The number of aromatic nitrogens is 2. The van der Waals surface area contributed by atoms with Crippen LogP contribution in [0.3, 0.4) is 0 Å². The van der Waals surface area contributed by atoms with Crippen molar-refractivity contribution in [3.63, 3.8) is 0 Å². The van der Waals surface area contributed by atoms with Crippen molar-refractivity contribution in [1.82, 2.24) is 9.55 Å². The Morgan fingerprint density at radius 3 is 2.30 bits per heavy atom. The summed E-state index contributed by atoms with van der Waals surface area (Å²) < 4.78 is 1.99. The van der Waals surface area contributed by atoms with Gasteiger partial charge in [-0.3, -0.25) is 4.79 Å². The molecule has 0 aliphatic heterocycles. The normalized spacial score (nSPS) is 10.6. The van der Waals surface area contributed by atoms with Crippen molar-refractivity contribution in [2.75, 3.05) is 11.9 Å². The van der Waals surface area contributed by atoms with Gasteiger partial charge in [0.25, 0.3) is 5.91 Å². The molecule has 4 nitrogen and oxygen atoms in total. The molecule has 3 aromatic rings. The van der Waals surface area contributed by atoms with Crippen LogP contribution in [0.5, 0.6) is 0 Å². The number of carbonyl (C=O) groups excluding carboxylic acids is 1. The second kappa shape index (κ2) is 6.26. The van der Waals surface area contributed by atoms with E-state index < -0.39 is 0 Å². The van der Waals surface area contributed by atoms with Gasteiger partial charge in [0.05, 0.1) is 0 Å². The van der Waals surface area contributed by atoms with E-state index in [2.05, 4.69) is 4.98 Å². The summed E-state index contributed by atoms with van der Waals surface area (Å²) in [6, 6.07) is 14.7. The Labute approximate surface area is 140 Å². The average molecular weight is 326 g/mol. The molecule has 1 aromatic heterocycles. The monoisotopic (exact) mass is 325 g/mol. The highest BCUT2D eigenvalue weighted by Crippen LogP contribution is 2.20. The lowest BCUT2D eigenvalue weighted by Gasteiger charge is -2.18. The number of amides is 1. The third-order valence-electron chi connectivity index (χ3n) is 3.74. The molecule has 0 unspecified atom stereocenters. The van der Waals surface area contributed by atoms with Crippen LogP contribution in [-0.4, -0.2) is 22.5 Å². The van der Waals surface area contributed by atoms with Crippen molar-refractivity contribution in [2.24, 2.45) is 0 Å². The number of halogens is 1. The third-order valence-corrected chi connectivity index (χ3v) is 3.99. The molecular formula is C18H16ClN3O. The summed E-state index contributed by atoms with van der Waals surface area (Å²) >= 11 is 5.86. The van der Waals surface area contributed by atoms with E-state index in [9.17, 15) is 4.79 Å². The van der Waals surface area contributed by atoms with Gasteiger partial charge in [0.1, 0.15) is 5.82 Å². The van der Waals surface area contributed by atoms with E-state index >= 15 is 0 Å². The molecule has 2 aromatic carbocycles. The molecule has 0 fully saturated rings. The second-order valence-corrected chi connectivity index (χ2v) is 5.67. The van der Waals surface area contributed by atoms with Gasteiger partial charge in [-0.15, -0.1) is 0 Å². The molecule has 0 bridgehead atoms. The number of nitrogens with zero attached hydrogens (tertiary/aromatic N) is 3. The first-order valence-electron chi connectivity index (χ1n) is 7.20. The van der Waals surface area contributed by atoms with E-state index in [0.717, 1.165) is 17.2 Å². The highest BCUT2D eigenvalue weighted by molar-refractivity contribution is 6.30. The number of benzene rings is 2. The zero-order chi connectivity index (χ0) is 16.4. The van der Waals surface area contributed by atoms with E-state index in [1.807, 2.05) is 42.0 Å². The van der Waals surface area contributed by atoms with E-state index in [0.29, 0.717) is 10.6 Å². The van der Waals surface area contributed by atoms with Crippen LogP contribution in [0, 0.1) is 6.92 Å². The second-order valence-electron chi connectivity index (χ2n) is 5.23. The lowest BCUT2D eigenvalue weighted by molar-refractivity contribution is 0.0993. The maximum atomic E-state index is 12.5. The molecule has 0 saturated heterocycles. The Bertz CT molecular complexity index is 822. The standard InChI is InChI=1S/C18H16ClN3O/c1-13-20-11-12-22(13)17-9-7-16(8-10-17)21(2)18(23)14-3-5-15(19)6-4-14/h3-12H,1-2H3. The number of rotatable bonds is 3. The van der Waals surface area contributed by atoms with Crippen LogP contribution in [0.1, 0.15) is 16.2 Å². The summed E-state index contributed by atoms with van der Waals surface area (Å²) in [5.41, 5.74) is 2.44. The Balaban J connectivity index is 1.82. The largest absolute Gasteiger partial charge is 0.311 e. The predicted octanol–water partition coefficient (Wildman–Crippen LogP) is 4.11. The van der Waals surface area contributed by atoms with Crippen molar-refractivity contribution in [2.45, 2.75) is 6.92 Å². The van der Waals surface area contributed by atoms with Crippen molar-refractivity contribution in [3.8, 4) is 5.69 Å². The molecule has 1 heterocycles. The maximum absolute atomic E-state index is 12.5. The number of hydrogen-bond acceptors (Lipinski definition) is 2. The molecule has 116 valence electrons. The molecular weight excluding hydrogens is 310 g/mol. The van der Waals surface area contributed by atoms with Crippen LogP contribution in [0.2, 0.25) is 5.02 Å². The summed E-state index contributed by atoms with van der Waals surface area (Å²) in [6.07, 6.45) is 3.67. The van der Waals surface area contributed by atoms with Gasteiger partial charge in [0, 0.05) is 41.4 Å². The highest BCUT2D eigenvalue weighted by Gasteiger charge is 2.13. The van der Waals surface area contributed by atoms with Crippen LogP contribution in [0.4, 0.5) is 5.69 Å². The molecule has 0 spiro atoms. The Hall–Kier alpha value is -2.59. The molecule has 0 atom stereocenters. The molecule has 3 rings (SSSR count). The van der Waals surface area contributed by atoms with Gasteiger partial charge in [-0.2, -0.15) is 0 Å². The minimum absolute atomic E-state index is 0.0757. The van der Waals surface area contributed by atoms with Crippen LogP contribution in [-0.2, 0) is 0 Å². The van der Waals surface area contributed by atoms with Crippen LogP contribution < -0.4 is 4.90 Å². The van der Waals surface area contributed by atoms with Gasteiger partial charge in [0.2, 0.25) is 0 Å². The van der Waals surface area contributed by atoms with Gasteiger partial charge >= 0.3 is 0 Å². The van der Waals surface area contributed by atoms with Crippen molar-refractivity contribution >= 4 is 23.2 Å². The van der Waals surface area contributed by atoms with Crippen molar-refractivity contribution in [1.29, 1.82) is 0 Å². The number of imidazole rings is 1. The molecule has 0 saturated carbocycles. The Morgan fingerprint density at radius 1 is 1.09 bits per heavy atom. The molecule has 5 heteroatoms. The minimum Gasteiger partial charge on any atom is -0.311 e.